The lowest BCUT2D eigenvalue weighted by atomic mass is 9.89. The van der Waals surface area contributed by atoms with Crippen molar-refractivity contribution in [1.82, 2.24) is 4.90 Å². The summed E-state index contributed by atoms with van der Waals surface area (Å²) in [4.78, 5) is 38.2. The number of nitro groups is 1. The van der Waals surface area contributed by atoms with Gasteiger partial charge in [-0.3, -0.25) is 24.6 Å². The second-order valence-corrected chi connectivity index (χ2v) is 10.2. The highest BCUT2D eigenvalue weighted by atomic mass is 32.2. The molecule has 1 heterocycles. The number of thioether (sulfide) groups is 1. The summed E-state index contributed by atoms with van der Waals surface area (Å²) in [5, 5.41) is 12.6. The first-order valence-electron chi connectivity index (χ1n) is 12.1. The maximum atomic E-state index is 13.2. The van der Waals surface area contributed by atoms with Crippen molar-refractivity contribution in [2.75, 3.05) is 6.54 Å². The number of non-ortho nitro benzene ring substituents is 1. The number of rotatable bonds is 7. The molecular formula is C28H26N2O5S. The van der Waals surface area contributed by atoms with Crippen molar-refractivity contribution < 1.29 is 19.2 Å². The van der Waals surface area contributed by atoms with Gasteiger partial charge < -0.3 is 4.74 Å². The van der Waals surface area contributed by atoms with Crippen LogP contribution in [0.4, 0.5) is 10.5 Å². The van der Waals surface area contributed by atoms with Gasteiger partial charge in [-0.2, -0.15) is 0 Å². The Kier molecular flexibility index (Phi) is 7.04. The maximum Gasteiger partial charge on any atom is 0.293 e. The molecule has 2 fully saturated rings. The Balaban J connectivity index is 1.42. The summed E-state index contributed by atoms with van der Waals surface area (Å²) >= 11 is 0.980. The SMILES string of the molecule is O=C1S/C(=C/c2c(OCc3ccc([N+](=O)[O-])cc3)ccc3ccccc23)C(=O)N1CC1CCCCC1. The van der Waals surface area contributed by atoms with Gasteiger partial charge in [0.1, 0.15) is 12.4 Å². The van der Waals surface area contributed by atoms with Gasteiger partial charge in [0.2, 0.25) is 0 Å². The van der Waals surface area contributed by atoms with Gasteiger partial charge in [0.05, 0.1) is 9.83 Å². The molecule has 2 aliphatic rings. The predicted octanol–water partition coefficient (Wildman–Crippen LogP) is 6.94. The number of amides is 2. The maximum absolute atomic E-state index is 13.2. The Morgan fingerprint density at radius 2 is 1.75 bits per heavy atom. The number of fused-ring (bicyclic) bond motifs is 1. The summed E-state index contributed by atoms with van der Waals surface area (Å²) in [6, 6.07) is 17.8. The van der Waals surface area contributed by atoms with E-state index in [2.05, 4.69) is 0 Å². The van der Waals surface area contributed by atoms with Crippen LogP contribution in [0.25, 0.3) is 16.8 Å². The van der Waals surface area contributed by atoms with Gasteiger partial charge in [-0.1, -0.05) is 49.6 Å². The minimum atomic E-state index is -0.437. The highest BCUT2D eigenvalue weighted by Crippen LogP contribution is 2.38. The highest BCUT2D eigenvalue weighted by molar-refractivity contribution is 8.18. The van der Waals surface area contributed by atoms with Gasteiger partial charge in [0, 0.05) is 24.2 Å². The van der Waals surface area contributed by atoms with E-state index in [9.17, 15) is 19.7 Å². The normalized spacial score (nSPS) is 17.8. The number of imide groups is 1. The average Bonchev–Trinajstić information content (AvgIpc) is 3.16. The summed E-state index contributed by atoms with van der Waals surface area (Å²) in [6.07, 6.45) is 7.42. The second kappa shape index (κ2) is 10.5. The monoisotopic (exact) mass is 502 g/mol. The van der Waals surface area contributed by atoms with Crippen molar-refractivity contribution in [3.8, 4) is 5.75 Å². The molecule has 1 saturated heterocycles. The summed E-state index contributed by atoms with van der Waals surface area (Å²) in [7, 11) is 0. The molecule has 3 aromatic carbocycles. The molecule has 0 N–H and O–H groups in total. The first-order chi connectivity index (χ1) is 17.5. The van der Waals surface area contributed by atoms with Crippen molar-refractivity contribution in [1.29, 1.82) is 0 Å². The van der Waals surface area contributed by atoms with Crippen LogP contribution in [0.1, 0.15) is 43.2 Å². The molecule has 0 bridgehead atoms. The molecule has 8 heteroatoms. The van der Waals surface area contributed by atoms with Crippen molar-refractivity contribution >= 4 is 45.4 Å². The van der Waals surface area contributed by atoms with Crippen LogP contribution in [-0.2, 0) is 11.4 Å². The molecule has 0 spiro atoms. The summed E-state index contributed by atoms with van der Waals surface area (Å²) in [5.41, 5.74) is 1.54. The molecule has 3 aromatic rings. The van der Waals surface area contributed by atoms with Gasteiger partial charge in [0.15, 0.2) is 0 Å². The zero-order valence-corrected chi connectivity index (χ0v) is 20.5. The van der Waals surface area contributed by atoms with Gasteiger partial charge in [-0.25, -0.2) is 0 Å². The second-order valence-electron chi connectivity index (χ2n) is 9.21. The Morgan fingerprint density at radius 1 is 1.00 bits per heavy atom. The molecule has 0 aromatic heterocycles. The molecule has 7 nitrogen and oxygen atoms in total. The van der Waals surface area contributed by atoms with Crippen molar-refractivity contribution in [3.05, 3.63) is 86.8 Å². The van der Waals surface area contributed by atoms with E-state index in [1.165, 1.54) is 23.5 Å². The van der Waals surface area contributed by atoms with Gasteiger partial charge in [-0.05, 0) is 71.1 Å². The van der Waals surface area contributed by atoms with Crippen molar-refractivity contribution in [2.24, 2.45) is 5.92 Å². The summed E-state index contributed by atoms with van der Waals surface area (Å²) in [6.45, 7) is 0.696. The fraction of sp³-hybridized carbons (Fsp3) is 0.286. The smallest absolute Gasteiger partial charge is 0.293 e. The van der Waals surface area contributed by atoms with E-state index in [-0.39, 0.29) is 23.4 Å². The number of carbonyl (C=O) groups excluding carboxylic acids is 2. The number of nitrogens with zero attached hydrogens (tertiary/aromatic N) is 2. The standard InChI is InChI=1S/C28H26N2O5S/c31-27-26(36-28(32)29(27)17-19-6-2-1-3-7-19)16-24-23-9-5-4-8-21(23)12-15-25(24)35-18-20-10-13-22(14-11-20)30(33)34/h4-5,8-16,19H,1-3,6-7,17-18H2/b26-16+. The van der Waals surface area contributed by atoms with Crippen LogP contribution in [0.15, 0.2) is 65.6 Å². The van der Waals surface area contributed by atoms with E-state index in [4.69, 9.17) is 4.74 Å². The molecule has 0 unspecified atom stereocenters. The topological polar surface area (TPSA) is 89.7 Å². The van der Waals surface area contributed by atoms with E-state index >= 15 is 0 Å². The zero-order chi connectivity index (χ0) is 25.1. The third-order valence-corrected chi connectivity index (χ3v) is 7.69. The van der Waals surface area contributed by atoms with Gasteiger partial charge in [-0.15, -0.1) is 0 Å². The van der Waals surface area contributed by atoms with Crippen LogP contribution in [0.2, 0.25) is 0 Å². The molecule has 36 heavy (non-hydrogen) atoms. The average molecular weight is 503 g/mol. The summed E-state index contributed by atoms with van der Waals surface area (Å²) < 4.78 is 6.12. The third-order valence-electron chi connectivity index (χ3n) is 6.79. The molecule has 1 saturated carbocycles. The molecule has 0 atom stereocenters. The van der Waals surface area contributed by atoms with E-state index in [0.717, 1.165) is 59.3 Å². The van der Waals surface area contributed by atoms with E-state index in [1.807, 2.05) is 36.4 Å². The van der Waals surface area contributed by atoms with Gasteiger partial charge >= 0.3 is 0 Å². The number of ether oxygens (including phenoxy) is 1. The van der Waals surface area contributed by atoms with Crippen LogP contribution in [0, 0.1) is 16.0 Å². The Labute approximate surface area is 213 Å². The zero-order valence-electron chi connectivity index (χ0n) is 19.7. The number of hydrogen-bond donors (Lipinski definition) is 0. The van der Waals surface area contributed by atoms with Crippen LogP contribution >= 0.6 is 11.8 Å². The number of nitro benzene ring substituents is 1. The van der Waals surface area contributed by atoms with Crippen LogP contribution in [-0.4, -0.2) is 27.5 Å². The first-order valence-corrected chi connectivity index (χ1v) is 12.9. The Hall–Kier alpha value is -3.65. The van der Waals surface area contributed by atoms with Crippen LogP contribution < -0.4 is 4.74 Å². The fourth-order valence-corrected chi connectivity index (χ4v) is 5.67. The van der Waals surface area contributed by atoms with Crippen LogP contribution in [0.5, 0.6) is 5.75 Å². The van der Waals surface area contributed by atoms with Gasteiger partial charge in [0.25, 0.3) is 16.8 Å². The largest absolute Gasteiger partial charge is 0.488 e. The highest BCUT2D eigenvalue weighted by Gasteiger charge is 2.36. The number of benzene rings is 3. The lowest BCUT2D eigenvalue weighted by molar-refractivity contribution is -0.384. The molecule has 0 radical (unpaired) electrons. The molecule has 1 aliphatic heterocycles. The molecular weight excluding hydrogens is 476 g/mol. The lowest BCUT2D eigenvalue weighted by Gasteiger charge is -2.25. The minimum absolute atomic E-state index is 0.0223. The molecule has 2 amide bonds. The van der Waals surface area contributed by atoms with Crippen molar-refractivity contribution in [3.63, 3.8) is 0 Å². The van der Waals surface area contributed by atoms with E-state index < -0.39 is 4.92 Å². The van der Waals surface area contributed by atoms with E-state index in [0.29, 0.717) is 23.1 Å². The van der Waals surface area contributed by atoms with Crippen molar-refractivity contribution in [2.45, 2.75) is 38.7 Å². The number of hydrogen-bond acceptors (Lipinski definition) is 6. The third kappa shape index (κ3) is 5.14. The molecule has 1 aliphatic carbocycles. The Morgan fingerprint density at radius 3 is 2.50 bits per heavy atom. The number of carbonyl (C=O) groups is 2. The lowest BCUT2D eigenvalue weighted by Crippen LogP contribution is -2.34. The first kappa shape index (κ1) is 24.1. The quantitative estimate of drug-likeness (QED) is 0.197. The molecule has 184 valence electrons. The summed E-state index contributed by atoms with van der Waals surface area (Å²) in [5.74, 6) is 0.709. The molecule has 5 rings (SSSR count). The van der Waals surface area contributed by atoms with Crippen LogP contribution in [0.3, 0.4) is 0 Å². The minimum Gasteiger partial charge on any atom is -0.488 e. The fourth-order valence-electron chi connectivity index (χ4n) is 4.84. The van der Waals surface area contributed by atoms with E-state index in [1.54, 1.807) is 18.2 Å². The Bertz CT molecular complexity index is 1350. The predicted molar refractivity (Wildman–Crippen MR) is 141 cm³/mol.